The average molecular weight is 407 g/mol. The lowest BCUT2D eigenvalue weighted by Crippen LogP contribution is -2.47. The first-order chi connectivity index (χ1) is 14.2. The Balaban J connectivity index is 1.22. The highest BCUT2D eigenvalue weighted by Gasteiger charge is 2.38. The number of benzene rings is 2. The van der Waals surface area contributed by atoms with E-state index >= 15 is 0 Å². The summed E-state index contributed by atoms with van der Waals surface area (Å²) in [6, 6.07) is 15.6. The molecular weight excluding hydrogens is 386 g/mol. The number of piperidine rings is 1. The largest absolute Gasteiger partial charge is 0.439 e. The lowest BCUT2D eigenvalue weighted by Gasteiger charge is -2.35. The van der Waals surface area contributed by atoms with Gasteiger partial charge in [0.2, 0.25) is 0 Å². The van der Waals surface area contributed by atoms with Gasteiger partial charge < -0.3 is 14.5 Å². The summed E-state index contributed by atoms with van der Waals surface area (Å²) in [5.41, 5.74) is 4.44. The third kappa shape index (κ3) is 3.46. The molecule has 0 aliphatic carbocycles. The van der Waals surface area contributed by atoms with Crippen LogP contribution in [0.15, 0.2) is 54.0 Å². The molecule has 2 aromatic carbocycles. The summed E-state index contributed by atoms with van der Waals surface area (Å²) in [5.74, 6) is 0.0462. The maximum Gasteiger partial charge on any atom is 0.410 e. The molecular formula is C22H21N3O3S. The van der Waals surface area contributed by atoms with Crippen molar-refractivity contribution in [2.24, 2.45) is 0 Å². The van der Waals surface area contributed by atoms with Gasteiger partial charge in [0, 0.05) is 24.7 Å². The third-order valence-corrected chi connectivity index (χ3v) is 6.57. The second-order valence-corrected chi connectivity index (χ2v) is 8.38. The number of carbonyl (C=O) groups is 2. The zero-order chi connectivity index (χ0) is 19.8. The number of cyclic esters (lactones) is 1. The van der Waals surface area contributed by atoms with Crippen LogP contribution in [0.2, 0.25) is 0 Å². The minimum atomic E-state index is -0.251. The number of carbonyl (C=O) groups excluding carboxylic acids is 2. The van der Waals surface area contributed by atoms with Gasteiger partial charge in [-0.1, -0.05) is 30.3 Å². The number of aromatic nitrogens is 1. The summed E-state index contributed by atoms with van der Waals surface area (Å²) in [6.45, 7) is 1.86. The molecule has 1 aromatic heterocycles. The smallest absolute Gasteiger partial charge is 0.410 e. The van der Waals surface area contributed by atoms with E-state index in [1.807, 2.05) is 58.3 Å². The van der Waals surface area contributed by atoms with Crippen LogP contribution in [0.3, 0.4) is 0 Å². The van der Waals surface area contributed by atoms with E-state index < -0.39 is 0 Å². The highest BCUT2D eigenvalue weighted by atomic mass is 32.1. The minimum Gasteiger partial charge on any atom is -0.439 e. The van der Waals surface area contributed by atoms with Crippen LogP contribution in [0.25, 0.3) is 10.2 Å². The normalized spacial score (nSPS) is 20.3. The molecule has 29 heavy (non-hydrogen) atoms. The Morgan fingerprint density at radius 3 is 2.69 bits per heavy atom. The molecule has 0 saturated carbocycles. The summed E-state index contributed by atoms with van der Waals surface area (Å²) in [5, 5.41) is 0. The number of ether oxygens (including phenoxy) is 1. The zero-order valence-electron chi connectivity index (χ0n) is 15.9. The van der Waals surface area contributed by atoms with Crippen molar-refractivity contribution >= 4 is 33.6 Å². The van der Waals surface area contributed by atoms with E-state index in [4.69, 9.17) is 4.74 Å². The zero-order valence-corrected chi connectivity index (χ0v) is 16.7. The van der Waals surface area contributed by atoms with Crippen LogP contribution in [-0.4, -0.2) is 52.5 Å². The molecule has 1 unspecified atom stereocenters. The van der Waals surface area contributed by atoms with E-state index in [0.717, 1.165) is 28.6 Å². The molecule has 0 radical (unpaired) electrons. The number of hydrogen-bond acceptors (Lipinski definition) is 5. The van der Waals surface area contributed by atoms with Crippen molar-refractivity contribution < 1.29 is 14.3 Å². The summed E-state index contributed by atoms with van der Waals surface area (Å²) in [7, 11) is 0. The predicted octanol–water partition coefficient (Wildman–Crippen LogP) is 4.09. The first-order valence-corrected chi connectivity index (χ1v) is 10.7. The van der Waals surface area contributed by atoms with E-state index in [0.29, 0.717) is 25.2 Å². The highest BCUT2D eigenvalue weighted by molar-refractivity contribution is 7.16. The molecule has 2 aliphatic heterocycles. The molecule has 3 heterocycles. The van der Waals surface area contributed by atoms with Crippen molar-refractivity contribution in [1.29, 1.82) is 0 Å². The quantitative estimate of drug-likeness (QED) is 0.656. The third-order valence-electron chi connectivity index (χ3n) is 5.78. The Labute approximate surface area is 172 Å². The number of fused-ring (bicyclic) bond motifs is 1. The molecule has 2 saturated heterocycles. The van der Waals surface area contributed by atoms with Gasteiger partial charge in [-0.05, 0) is 36.6 Å². The monoisotopic (exact) mass is 407 g/mol. The molecule has 3 aromatic rings. The molecule has 1 atom stereocenters. The van der Waals surface area contributed by atoms with Crippen LogP contribution >= 0.6 is 11.3 Å². The first kappa shape index (κ1) is 18.1. The van der Waals surface area contributed by atoms with E-state index in [9.17, 15) is 9.59 Å². The van der Waals surface area contributed by atoms with Crippen molar-refractivity contribution in [1.82, 2.24) is 14.8 Å². The maximum atomic E-state index is 12.9. The Morgan fingerprint density at radius 1 is 1.10 bits per heavy atom. The van der Waals surface area contributed by atoms with Gasteiger partial charge in [-0.3, -0.25) is 4.79 Å². The van der Waals surface area contributed by atoms with Crippen LogP contribution < -0.4 is 0 Å². The Morgan fingerprint density at radius 2 is 1.90 bits per heavy atom. The standard InChI is InChI=1S/C22H21N3O3S/c26-21(16-6-7-18-20(12-16)29-14-23-18)24-10-8-17(9-11-24)25-13-19(28-22(25)27)15-4-2-1-3-5-15/h1-7,12,14,17,19H,8-11,13H2. The van der Waals surface area contributed by atoms with Gasteiger partial charge in [0.25, 0.3) is 5.91 Å². The van der Waals surface area contributed by atoms with E-state index in [1.165, 1.54) is 0 Å². The molecule has 2 fully saturated rings. The fourth-order valence-corrected chi connectivity index (χ4v) is 4.89. The van der Waals surface area contributed by atoms with Gasteiger partial charge in [-0.2, -0.15) is 0 Å². The fraction of sp³-hybridized carbons (Fsp3) is 0.318. The summed E-state index contributed by atoms with van der Waals surface area (Å²) < 4.78 is 6.62. The van der Waals surface area contributed by atoms with Crippen LogP contribution in [0.1, 0.15) is 34.9 Å². The lowest BCUT2D eigenvalue weighted by molar-refractivity contribution is 0.0658. The number of nitrogens with zero attached hydrogens (tertiary/aromatic N) is 3. The van der Waals surface area contributed by atoms with Crippen LogP contribution in [0.5, 0.6) is 0 Å². The van der Waals surface area contributed by atoms with Gasteiger partial charge in [0.15, 0.2) is 0 Å². The van der Waals surface area contributed by atoms with E-state index in [1.54, 1.807) is 16.8 Å². The van der Waals surface area contributed by atoms with Crippen molar-refractivity contribution in [2.75, 3.05) is 19.6 Å². The summed E-state index contributed by atoms with van der Waals surface area (Å²) in [4.78, 5) is 33.3. The second-order valence-electron chi connectivity index (χ2n) is 7.49. The van der Waals surface area contributed by atoms with Gasteiger partial charge in [-0.15, -0.1) is 11.3 Å². The van der Waals surface area contributed by atoms with Gasteiger partial charge >= 0.3 is 6.09 Å². The molecule has 0 bridgehead atoms. The lowest BCUT2D eigenvalue weighted by atomic mass is 10.0. The minimum absolute atomic E-state index is 0.0462. The number of thiazole rings is 1. The molecule has 0 N–H and O–H groups in total. The van der Waals surface area contributed by atoms with Gasteiger partial charge in [-0.25, -0.2) is 9.78 Å². The fourth-order valence-electron chi connectivity index (χ4n) is 4.17. The Hall–Kier alpha value is -2.93. The average Bonchev–Trinajstić information content (AvgIpc) is 3.40. The first-order valence-electron chi connectivity index (χ1n) is 9.84. The van der Waals surface area contributed by atoms with Crippen molar-refractivity contribution in [3.8, 4) is 0 Å². The molecule has 2 aliphatic rings. The Bertz CT molecular complexity index is 1040. The number of amides is 2. The number of hydrogen-bond donors (Lipinski definition) is 0. The topological polar surface area (TPSA) is 62.7 Å². The number of rotatable bonds is 3. The predicted molar refractivity (Wildman–Crippen MR) is 111 cm³/mol. The van der Waals surface area contributed by atoms with Crippen molar-refractivity contribution in [2.45, 2.75) is 25.0 Å². The second kappa shape index (κ2) is 7.48. The molecule has 148 valence electrons. The van der Waals surface area contributed by atoms with Gasteiger partial charge in [0.1, 0.15) is 6.10 Å². The maximum absolute atomic E-state index is 12.9. The van der Waals surface area contributed by atoms with Gasteiger partial charge in [0.05, 0.1) is 22.3 Å². The van der Waals surface area contributed by atoms with Crippen LogP contribution in [0.4, 0.5) is 4.79 Å². The molecule has 0 spiro atoms. The SMILES string of the molecule is O=C(c1ccc2ncsc2c1)N1CCC(N2CC(c3ccccc3)OC2=O)CC1. The highest BCUT2D eigenvalue weighted by Crippen LogP contribution is 2.30. The van der Waals surface area contributed by atoms with Crippen molar-refractivity contribution in [3.63, 3.8) is 0 Å². The molecule has 6 nitrogen and oxygen atoms in total. The summed E-state index contributed by atoms with van der Waals surface area (Å²) >= 11 is 1.54. The molecule has 2 amide bonds. The molecule has 7 heteroatoms. The Kier molecular flexibility index (Phi) is 4.67. The number of likely N-dealkylation sites (tertiary alicyclic amines) is 1. The molecule has 5 rings (SSSR count). The van der Waals surface area contributed by atoms with Crippen LogP contribution in [-0.2, 0) is 4.74 Å². The van der Waals surface area contributed by atoms with Crippen molar-refractivity contribution in [3.05, 3.63) is 65.2 Å². The van der Waals surface area contributed by atoms with E-state index in [-0.39, 0.29) is 24.1 Å². The summed E-state index contributed by atoms with van der Waals surface area (Å²) in [6.07, 6.45) is 1.07. The van der Waals surface area contributed by atoms with Crippen LogP contribution in [0, 0.1) is 0 Å². The van der Waals surface area contributed by atoms with E-state index in [2.05, 4.69) is 4.98 Å².